The maximum Gasteiger partial charge on any atom is 0.339 e. The summed E-state index contributed by atoms with van der Waals surface area (Å²) in [4.78, 5) is 26.3. The molecule has 1 aliphatic heterocycles. The first kappa shape index (κ1) is 25.7. The van der Waals surface area contributed by atoms with Gasteiger partial charge < -0.3 is 19.1 Å². The fourth-order valence-corrected chi connectivity index (χ4v) is 5.21. The van der Waals surface area contributed by atoms with Crippen molar-refractivity contribution in [2.75, 3.05) is 6.61 Å². The number of aliphatic carboxylic acids is 1. The number of rotatable bonds is 5. The molecule has 8 nitrogen and oxygen atoms in total. The van der Waals surface area contributed by atoms with Crippen LogP contribution in [-0.2, 0) is 23.0 Å². The molecule has 5 rings (SSSR count). The first-order chi connectivity index (χ1) is 18.0. The Morgan fingerprint density at radius 1 is 1.24 bits per heavy atom. The van der Waals surface area contributed by atoms with E-state index in [1.165, 1.54) is 17.7 Å². The van der Waals surface area contributed by atoms with Gasteiger partial charge in [-0.1, -0.05) is 12.1 Å². The SMILES string of the molecule is Cc1c(-c2c(C(OC(C)(C)C)C(=O)O)n(C)c(=O)c3cc(-c4cn[nH]c4)ccc23)cc(F)c2c1CCCO2. The summed E-state index contributed by atoms with van der Waals surface area (Å²) in [7, 11) is 1.53. The predicted octanol–water partition coefficient (Wildman–Crippen LogP) is 5.31. The molecule has 2 aromatic carbocycles. The van der Waals surface area contributed by atoms with Gasteiger partial charge in [0.2, 0.25) is 0 Å². The second-order valence-electron chi connectivity index (χ2n) is 10.6. The molecule has 1 atom stereocenters. The Morgan fingerprint density at radius 3 is 2.66 bits per heavy atom. The molecule has 4 aromatic rings. The van der Waals surface area contributed by atoms with E-state index in [9.17, 15) is 14.7 Å². The number of H-pyrrole nitrogens is 1. The van der Waals surface area contributed by atoms with Crippen LogP contribution in [0, 0.1) is 12.7 Å². The lowest BCUT2D eigenvalue weighted by Crippen LogP contribution is -2.33. The summed E-state index contributed by atoms with van der Waals surface area (Å²) in [6, 6.07) is 6.75. The Hall–Kier alpha value is -3.98. The Labute approximate surface area is 219 Å². The second-order valence-corrected chi connectivity index (χ2v) is 10.6. The molecular weight excluding hydrogens is 489 g/mol. The highest BCUT2D eigenvalue weighted by Gasteiger charge is 2.34. The first-order valence-corrected chi connectivity index (χ1v) is 12.5. The highest BCUT2D eigenvalue weighted by Crippen LogP contribution is 2.43. The average molecular weight is 520 g/mol. The van der Waals surface area contributed by atoms with Crippen molar-refractivity contribution in [1.29, 1.82) is 0 Å². The number of nitrogens with zero attached hydrogens (tertiary/aromatic N) is 2. The van der Waals surface area contributed by atoms with Crippen LogP contribution >= 0.6 is 0 Å². The number of aromatic amines is 1. The van der Waals surface area contributed by atoms with Crippen molar-refractivity contribution >= 4 is 16.7 Å². The normalized spacial score (nSPS) is 14.3. The van der Waals surface area contributed by atoms with Crippen molar-refractivity contribution in [1.82, 2.24) is 14.8 Å². The number of carboxylic acids is 1. The number of carbonyl (C=O) groups is 1. The van der Waals surface area contributed by atoms with Gasteiger partial charge in [0.15, 0.2) is 17.7 Å². The van der Waals surface area contributed by atoms with Crippen molar-refractivity contribution in [2.24, 2.45) is 7.05 Å². The third kappa shape index (κ3) is 4.36. The third-order valence-corrected chi connectivity index (χ3v) is 6.92. The van der Waals surface area contributed by atoms with Gasteiger partial charge in [0.05, 0.1) is 24.1 Å². The highest BCUT2D eigenvalue weighted by atomic mass is 19.1. The second kappa shape index (κ2) is 9.40. The van der Waals surface area contributed by atoms with Crippen LogP contribution < -0.4 is 10.3 Å². The maximum atomic E-state index is 15.4. The van der Waals surface area contributed by atoms with E-state index in [4.69, 9.17) is 9.47 Å². The maximum absolute atomic E-state index is 15.4. The van der Waals surface area contributed by atoms with E-state index in [1.54, 1.807) is 45.3 Å². The zero-order valence-electron chi connectivity index (χ0n) is 22.0. The van der Waals surface area contributed by atoms with Crippen LogP contribution in [0.15, 0.2) is 41.5 Å². The van der Waals surface area contributed by atoms with E-state index < -0.39 is 23.5 Å². The molecule has 2 aromatic heterocycles. The first-order valence-electron chi connectivity index (χ1n) is 12.5. The molecule has 0 aliphatic carbocycles. The lowest BCUT2D eigenvalue weighted by Gasteiger charge is -2.29. The topological polar surface area (TPSA) is 106 Å². The number of hydrogen-bond acceptors (Lipinski definition) is 5. The van der Waals surface area contributed by atoms with Crippen LogP contribution in [0.25, 0.3) is 33.0 Å². The molecule has 0 spiro atoms. The molecule has 198 valence electrons. The zero-order chi connectivity index (χ0) is 27.4. The molecular formula is C29H30FN3O5. The van der Waals surface area contributed by atoms with Gasteiger partial charge in [-0.15, -0.1) is 0 Å². The molecule has 1 aliphatic rings. The summed E-state index contributed by atoms with van der Waals surface area (Å²) in [5.74, 6) is -1.53. The van der Waals surface area contributed by atoms with Crippen LogP contribution in [0.2, 0.25) is 0 Å². The lowest BCUT2D eigenvalue weighted by atomic mass is 9.87. The van der Waals surface area contributed by atoms with Gasteiger partial charge in [0.25, 0.3) is 5.56 Å². The summed E-state index contributed by atoms with van der Waals surface area (Å²) in [6.07, 6.45) is 3.28. The molecule has 1 unspecified atom stereocenters. The van der Waals surface area contributed by atoms with Gasteiger partial charge in [-0.3, -0.25) is 9.89 Å². The molecule has 3 heterocycles. The Morgan fingerprint density at radius 2 is 2.00 bits per heavy atom. The number of fused-ring (bicyclic) bond motifs is 2. The van der Waals surface area contributed by atoms with E-state index >= 15 is 4.39 Å². The van der Waals surface area contributed by atoms with Gasteiger partial charge in [0.1, 0.15) is 0 Å². The van der Waals surface area contributed by atoms with Crippen molar-refractivity contribution in [3.05, 3.63) is 69.7 Å². The van der Waals surface area contributed by atoms with Gasteiger partial charge in [-0.25, -0.2) is 9.18 Å². The number of pyridine rings is 1. The molecule has 0 radical (unpaired) electrons. The molecule has 2 N–H and O–H groups in total. The third-order valence-electron chi connectivity index (χ3n) is 6.92. The van der Waals surface area contributed by atoms with Crippen molar-refractivity contribution in [2.45, 2.75) is 52.2 Å². The number of nitrogens with one attached hydrogen (secondary N) is 1. The predicted molar refractivity (Wildman–Crippen MR) is 142 cm³/mol. The minimum Gasteiger partial charge on any atom is -0.490 e. The Kier molecular flexibility index (Phi) is 6.35. The number of halogens is 1. The summed E-state index contributed by atoms with van der Waals surface area (Å²) in [6.45, 7) is 7.57. The number of benzene rings is 2. The summed E-state index contributed by atoms with van der Waals surface area (Å²) >= 11 is 0. The molecule has 0 saturated carbocycles. The van der Waals surface area contributed by atoms with E-state index in [0.29, 0.717) is 34.9 Å². The molecule has 0 amide bonds. The largest absolute Gasteiger partial charge is 0.490 e. The molecule has 38 heavy (non-hydrogen) atoms. The minimum absolute atomic E-state index is 0.153. The lowest BCUT2D eigenvalue weighted by molar-refractivity contribution is -0.161. The zero-order valence-corrected chi connectivity index (χ0v) is 22.0. The quantitative estimate of drug-likeness (QED) is 0.370. The molecule has 9 heteroatoms. The summed E-state index contributed by atoms with van der Waals surface area (Å²) in [5, 5.41) is 17.9. The molecule has 0 saturated heterocycles. The minimum atomic E-state index is -1.48. The fraction of sp³-hybridized carbons (Fsp3) is 0.345. The van der Waals surface area contributed by atoms with Crippen LogP contribution in [0.4, 0.5) is 4.39 Å². The fourth-order valence-electron chi connectivity index (χ4n) is 5.21. The van der Waals surface area contributed by atoms with Gasteiger partial charge in [-0.2, -0.15) is 5.10 Å². The van der Waals surface area contributed by atoms with Crippen molar-refractivity contribution in [3.8, 4) is 28.0 Å². The number of aromatic nitrogens is 3. The number of hydrogen-bond donors (Lipinski definition) is 2. The smallest absolute Gasteiger partial charge is 0.339 e. The van der Waals surface area contributed by atoms with Gasteiger partial charge >= 0.3 is 5.97 Å². The highest BCUT2D eigenvalue weighted by molar-refractivity contribution is 6.01. The Bertz CT molecular complexity index is 1620. The average Bonchev–Trinajstić information content (AvgIpc) is 3.41. The van der Waals surface area contributed by atoms with Crippen LogP contribution in [0.5, 0.6) is 5.75 Å². The number of carboxylic acid groups (broad SMARTS) is 1. The number of ether oxygens (including phenoxy) is 2. The van der Waals surface area contributed by atoms with E-state index in [0.717, 1.165) is 28.7 Å². The van der Waals surface area contributed by atoms with E-state index in [2.05, 4.69) is 10.2 Å². The van der Waals surface area contributed by atoms with E-state index in [1.807, 2.05) is 13.0 Å². The molecule has 0 bridgehead atoms. The standard InChI is InChI=1S/C29H30FN3O5/c1-15-18-7-6-10-37-25(18)22(30)12-20(15)23-19-9-8-16(17-13-31-32-14-17)11-21(19)27(34)33(5)24(23)26(28(35)36)38-29(2,3)4/h8-9,11-14,26H,6-7,10H2,1-5H3,(H,31,32)(H,35,36). The van der Waals surface area contributed by atoms with Crippen LogP contribution in [-0.4, -0.2) is 38.0 Å². The monoisotopic (exact) mass is 519 g/mol. The van der Waals surface area contributed by atoms with Crippen LogP contribution in [0.3, 0.4) is 0 Å². The Balaban J connectivity index is 1.91. The van der Waals surface area contributed by atoms with E-state index in [-0.39, 0.29) is 17.0 Å². The summed E-state index contributed by atoms with van der Waals surface area (Å²) in [5.41, 5.74) is 2.98. The van der Waals surface area contributed by atoms with Crippen molar-refractivity contribution < 1.29 is 23.8 Å². The summed E-state index contributed by atoms with van der Waals surface area (Å²) < 4.78 is 28.4. The van der Waals surface area contributed by atoms with Crippen molar-refractivity contribution in [3.63, 3.8) is 0 Å². The van der Waals surface area contributed by atoms with Crippen LogP contribution in [0.1, 0.15) is 50.1 Å². The van der Waals surface area contributed by atoms with Gasteiger partial charge in [0, 0.05) is 35.3 Å². The van der Waals surface area contributed by atoms with Gasteiger partial charge in [-0.05, 0) is 74.7 Å². The molecule has 0 fully saturated rings.